The largest absolute Gasteiger partial charge is 0.299 e. The second-order valence-corrected chi connectivity index (χ2v) is 7.02. The van der Waals surface area contributed by atoms with Crippen LogP contribution in [0.15, 0.2) is 49.1 Å². The Labute approximate surface area is 151 Å². The van der Waals surface area contributed by atoms with E-state index in [1.165, 1.54) is 22.4 Å². The molecule has 2 heterocycles. The third kappa shape index (κ3) is 4.79. The lowest BCUT2D eigenvalue weighted by atomic mass is 10.0. The van der Waals surface area contributed by atoms with Crippen LogP contribution in [-0.4, -0.2) is 14.5 Å². The Morgan fingerprint density at radius 1 is 0.960 bits per heavy atom. The summed E-state index contributed by atoms with van der Waals surface area (Å²) in [7, 11) is 0. The molecule has 0 aliphatic rings. The number of nitrogens with zero attached hydrogens (tertiary/aromatic N) is 3. The lowest BCUT2D eigenvalue weighted by molar-refractivity contribution is 0.737. The topological polar surface area (TPSA) is 30.7 Å². The number of pyridine rings is 1. The van der Waals surface area contributed by atoms with Crippen LogP contribution in [0.1, 0.15) is 44.4 Å². The van der Waals surface area contributed by atoms with Gasteiger partial charge in [0.05, 0.1) is 5.69 Å². The second kappa shape index (κ2) is 8.61. The van der Waals surface area contributed by atoms with Crippen LogP contribution in [0.4, 0.5) is 0 Å². The maximum Gasteiger partial charge on any atom is 0.144 e. The number of benzene rings is 1. The molecule has 132 valence electrons. The van der Waals surface area contributed by atoms with Crippen LogP contribution in [0.2, 0.25) is 0 Å². The molecule has 2 aromatic heterocycles. The smallest absolute Gasteiger partial charge is 0.144 e. The number of aryl methyl sites for hydroxylation is 3. The van der Waals surface area contributed by atoms with Gasteiger partial charge in [-0.2, -0.15) is 0 Å². The Morgan fingerprint density at radius 3 is 2.04 bits per heavy atom. The van der Waals surface area contributed by atoms with E-state index in [1.807, 2.05) is 24.5 Å². The summed E-state index contributed by atoms with van der Waals surface area (Å²) >= 11 is 0. The molecule has 0 spiro atoms. The van der Waals surface area contributed by atoms with Gasteiger partial charge in [-0.1, -0.05) is 39.8 Å². The normalized spacial score (nSPS) is 10.5. The van der Waals surface area contributed by atoms with E-state index in [2.05, 4.69) is 68.2 Å². The van der Waals surface area contributed by atoms with Gasteiger partial charge in [-0.25, -0.2) is 4.98 Å². The Bertz CT molecular complexity index is 775. The molecule has 0 aliphatic carbocycles. The maximum absolute atomic E-state index is 4.52. The summed E-state index contributed by atoms with van der Waals surface area (Å²) in [5, 5.41) is 0. The van der Waals surface area contributed by atoms with Gasteiger partial charge in [-0.05, 0) is 55.0 Å². The lowest BCUT2D eigenvalue weighted by Crippen LogP contribution is -2.02. The highest BCUT2D eigenvalue weighted by Gasteiger charge is 2.12. The molecule has 0 N–H and O–H groups in total. The zero-order valence-corrected chi connectivity index (χ0v) is 16.2. The summed E-state index contributed by atoms with van der Waals surface area (Å²) in [5.74, 6) is 1.79. The number of hydrogen-bond donors (Lipinski definition) is 0. The van der Waals surface area contributed by atoms with Gasteiger partial charge in [0.25, 0.3) is 0 Å². The van der Waals surface area contributed by atoms with E-state index in [9.17, 15) is 0 Å². The van der Waals surface area contributed by atoms with Crippen LogP contribution < -0.4 is 0 Å². The van der Waals surface area contributed by atoms with E-state index in [0.717, 1.165) is 23.7 Å². The van der Waals surface area contributed by atoms with E-state index in [0.29, 0.717) is 0 Å². The molecular formula is C22H29N3. The average molecular weight is 335 g/mol. The molecule has 0 aliphatic heterocycles. The molecule has 0 fully saturated rings. The lowest BCUT2D eigenvalue weighted by Gasteiger charge is -2.15. The summed E-state index contributed by atoms with van der Waals surface area (Å²) in [6, 6.07) is 8.51. The predicted molar refractivity (Wildman–Crippen MR) is 106 cm³/mol. The van der Waals surface area contributed by atoms with Gasteiger partial charge in [0, 0.05) is 30.4 Å². The van der Waals surface area contributed by atoms with Crippen molar-refractivity contribution in [1.82, 2.24) is 14.5 Å². The van der Waals surface area contributed by atoms with E-state index >= 15 is 0 Å². The average Bonchev–Trinajstić information content (AvgIpc) is 3.03. The summed E-state index contributed by atoms with van der Waals surface area (Å²) in [5.41, 5.74) is 6.23. The van der Waals surface area contributed by atoms with Gasteiger partial charge in [-0.15, -0.1) is 0 Å². The molecule has 0 saturated carbocycles. The summed E-state index contributed by atoms with van der Waals surface area (Å²) in [4.78, 5) is 8.60. The van der Waals surface area contributed by atoms with Crippen molar-refractivity contribution in [2.75, 3.05) is 0 Å². The van der Waals surface area contributed by atoms with Crippen molar-refractivity contribution in [3.05, 3.63) is 65.7 Å². The van der Waals surface area contributed by atoms with Gasteiger partial charge in [-0.3, -0.25) is 9.55 Å². The molecule has 0 radical (unpaired) electrons. The first-order valence-corrected chi connectivity index (χ1v) is 8.98. The minimum absolute atomic E-state index is 0.833. The SMILES string of the molecule is CC(C)C.CCc1cc(C)c(-n2ccnc2-c2ccncc2)c(C)c1. The first-order chi connectivity index (χ1) is 11.9. The quantitative estimate of drug-likeness (QED) is 0.608. The van der Waals surface area contributed by atoms with Gasteiger partial charge in [0.1, 0.15) is 5.82 Å². The molecule has 25 heavy (non-hydrogen) atoms. The Hall–Kier alpha value is -2.42. The van der Waals surface area contributed by atoms with Crippen molar-refractivity contribution in [3.8, 4) is 17.1 Å². The van der Waals surface area contributed by atoms with Gasteiger partial charge in [0.15, 0.2) is 0 Å². The molecule has 1 aromatic carbocycles. The Morgan fingerprint density at radius 2 is 1.52 bits per heavy atom. The van der Waals surface area contributed by atoms with Crippen molar-refractivity contribution in [2.24, 2.45) is 5.92 Å². The molecule has 3 rings (SSSR count). The van der Waals surface area contributed by atoms with Crippen molar-refractivity contribution < 1.29 is 0 Å². The number of hydrogen-bond acceptors (Lipinski definition) is 2. The highest BCUT2D eigenvalue weighted by molar-refractivity contribution is 5.61. The molecule has 0 unspecified atom stereocenters. The summed E-state index contributed by atoms with van der Waals surface area (Å²) in [6.45, 7) is 13.0. The number of aromatic nitrogens is 3. The molecule has 3 aromatic rings. The monoisotopic (exact) mass is 335 g/mol. The van der Waals surface area contributed by atoms with E-state index in [1.54, 1.807) is 12.4 Å². The molecule has 0 atom stereocenters. The van der Waals surface area contributed by atoms with Crippen LogP contribution >= 0.6 is 0 Å². The highest BCUT2D eigenvalue weighted by atomic mass is 15.1. The van der Waals surface area contributed by atoms with E-state index < -0.39 is 0 Å². The summed E-state index contributed by atoms with van der Waals surface area (Å²) < 4.78 is 2.17. The van der Waals surface area contributed by atoms with Crippen molar-refractivity contribution >= 4 is 0 Å². The molecular weight excluding hydrogens is 306 g/mol. The maximum atomic E-state index is 4.52. The van der Waals surface area contributed by atoms with Crippen LogP contribution in [0.3, 0.4) is 0 Å². The first-order valence-electron chi connectivity index (χ1n) is 8.98. The third-order valence-corrected chi connectivity index (χ3v) is 3.78. The number of imidazole rings is 1. The molecule has 0 saturated heterocycles. The summed E-state index contributed by atoms with van der Waals surface area (Å²) in [6.07, 6.45) is 8.53. The fourth-order valence-electron chi connectivity index (χ4n) is 2.83. The highest BCUT2D eigenvalue weighted by Crippen LogP contribution is 2.26. The van der Waals surface area contributed by atoms with Crippen LogP contribution in [0, 0.1) is 19.8 Å². The van der Waals surface area contributed by atoms with Crippen molar-refractivity contribution in [2.45, 2.75) is 48.0 Å². The van der Waals surface area contributed by atoms with Crippen molar-refractivity contribution in [1.29, 1.82) is 0 Å². The molecule has 3 heteroatoms. The van der Waals surface area contributed by atoms with Crippen LogP contribution in [-0.2, 0) is 6.42 Å². The Balaban J connectivity index is 0.000000511. The van der Waals surface area contributed by atoms with Gasteiger partial charge in [0.2, 0.25) is 0 Å². The van der Waals surface area contributed by atoms with Crippen LogP contribution in [0.25, 0.3) is 17.1 Å². The second-order valence-electron chi connectivity index (χ2n) is 7.02. The third-order valence-electron chi connectivity index (χ3n) is 3.78. The zero-order valence-electron chi connectivity index (χ0n) is 16.2. The fourth-order valence-corrected chi connectivity index (χ4v) is 2.83. The first kappa shape index (κ1) is 18.9. The number of rotatable bonds is 3. The van der Waals surface area contributed by atoms with E-state index in [-0.39, 0.29) is 0 Å². The minimum atomic E-state index is 0.833. The van der Waals surface area contributed by atoms with Gasteiger partial charge >= 0.3 is 0 Å². The zero-order chi connectivity index (χ0) is 18.4. The predicted octanol–water partition coefficient (Wildman–Crippen LogP) is 5.78. The van der Waals surface area contributed by atoms with Crippen LogP contribution in [0.5, 0.6) is 0 Å². The standard InChI is InChI=1S/C18H19N3.C4H10/c1-4-15-11-13(2)17(14(3)12-15)21-10-9-20-18(21)16-5-7-19-8-6-16;1-4(2)3/h5-12H,4H2,1-3H3;4H,1-3H3. The Kier molecular flexibility index (Phi) is 6.51. The fraction of sp³-hybridized carbons (Fsp3) is 0.364. The van der Waals surface area contributed by atoms with Gasteiger partial charge < -0.3 is 0 Å². The van der Waals surface area contributed by atoms with Crippen molar-refractivity contribution in [3.63, 3.8) is 0 Å². The molecule has 0 amide bonds. The minimum Gasteiger partial charge on any atom is -0.299 e. The van der Waals surface area contributed by atoms with E-state index in [4.69, 9.17) is 0 Å². The molecule has 3 nitrogen and oxygen atoms in total. The molecule has 0 bridgehead atoms.